The van der Waals surface area contributed by atoms with Gasteiger partial charge in [-0.15, -0.1) is 0 Å². The third-order valence-electron chi connectivity index (χ3n) is 2.83. The molecular weight excluding hydrogens is 316 g/mol. The standard InChI is InChI=1S/C11H12F8O2/c1-6(7(20)21)4-3-5-9(13,14)10(15,16)8(2,12)11(17,18)19/h4H,3,5H2,1-2H3,(H,20,21). The molecule has 21 heavy (non-hydrogen) atoms. The van der Waals surface area contributed by atoms with E-state index in [0.29, 0.717) is 6.08 Å². The number of hydrogen-bond donors (Lipinski definition) is 1. The Morgan fingerprint density at radius 2 is 1.48 bits per heavy atom. The molecule has 0 heterocycles. The topological polar surface area (TPSA) is 37.3 Å². The van der Waals surface area contributed by atoms with Gasteiger partial charge in [0.2, 0.25) is 0 Å². The van der Waals surface area contributed by atoms with E-state index in [1.807, 2.05) is 0 Å². The first-order valence-corrected chi connectivity index (χ1v) is 5.49. The van der Waals surface area contributed by atoms with Gasteiger partial charge >= 0.3 is 24.0 Å². The minimum absolute atomic E-state index is 0.451. The smallest absolute Gasteiger partial charge is 0.428 e. The van der Waals surface area contributed by atoms with E-state index in [4.69, 9.17) is 5.11 Å². The summed E-state index contributed by atoms with van der Waals surface area (Å²) < 4.78 is 102. The predicted octanol–water partition coefficient (Wildman–Crippen LogP) is 4.36. The monoisotopic (exact) mass is 328 g/mol. The molecule has 0 saturated heterocycles. The van der Waals surface area contributed by atoms with Crippen LogP contribution < -0.4 is 0 Å². The molecule has 10 heteroatoms. The number of halogens is 8. The minimum Gasteiger partial charge on any atom is -0.478 e. The molecule has 124 valence electrons. The molecule has 0 saturated carbocycles. The lowest BCUT2D eigenvalue weighted by molar-refractivity contribution is -0.348. The molecule has 0 aliphatic rings. The fourth-order valence-electron chi connectivity index (χ4n) is 1.24. The zero-order chi connectivity index (χ0) is 17.3. The maximum Gasteiger partial charge on any atom is 0.428 e. The fraction of sp³-hybridized carbons (Fsp3) is 0.727. The molecule has 0 amide bonds. The summed E-state index contributed by atoms with van der Waals surface area (Å²) in [5, 5.41) is 8.39. The third kappa shape index (κ3) is 3.85. The van der Waals surface area contributed by atoms with Crippen LogP contribution in [0, 0.1) is 0 Å². The molecule has 1 N–H and O–H groups in total. The van der Waals surface area contributed by atoms with Gasteiger partial charge in [-0.2, -0.15) is 30.7 Å². The van der Waals surface area contributed by atoms with Gasteiger partial charge in [-0.1, -0.05) is 6.08 Å². The van der Waals surface area contributed by atoms with E-state index in [1.165, 1.54) is 0 Å². The molecule has 0 bridgehead atoms. The SMILES string of the molecule is CC(=CCCC(F)(F)C(F)(F)C(C)(F)C(F)(F)F)C(=O)O. The van der Waals surface area contributed by atoms with Gasteiger partial charge < -0.3 is 5.11 Å². The first-order valence-electron chi connectivity index (χ1n) is 5.49. The van der Waals surface area contributed by atoms with E-state index >= 15 is 0 Å². The molecule has 0 aliphatic carbocycles. The van der Waals surface area contributed by atoms with Crippen molar-refractivity contribution < 1.29 is 45.0 Å². The first kappa shape index (κ1) is 19.7. The Morgan fingerprint density at radius 3 is 1.81 bits per heavy atom. The van der Waals surface area contributed by atoms with Crippen LogP contribution in [0.15, 0.2) is 11.6 Å². The summed E-state index contributed by atoms with van der Waals surface area (Å²) in [6.45, 7) is 0.312. The summed E-state index contributed by atoms with van der Waals surface area (Å²) in [6, 6.07) is 0. The molecule has 1 atom stereocenters. The van der Waals surface area contributed by atoms with E-state index in [1.54, 1.807) is 0 Å². The molecule has 0 rings (SSSR count). The van der Waals surface area contributed by atoms with Crippen molar-refractivity contribution >= 4 is 5.97 Å². The molecular formula is C11H12F8O2. The summed E-state index contributed by atoms with van der Waals surface area (Å²) >= 11 is 0. The Bertz CT molecular complexity index is 422. The Labute approximate surface area is 114 Å². The number of alkyl halides is 8. The van der Waals surface area contributed by atoms with Crippen LogP contribution in [-0.4, -0.2) is 34.8 Å². The van der Waals surface area contributed by atoms with Crippen molar-refractivity contribution in [2.45, 2.75) is 50.4 Å². The maximum absolute atomic E-state index is 13.2. The lowest BCUT2D eigenvalue weighted by Crippen LogP contribution is -2.61. The van der Waals surface area contributed by atoms with Crippen LogP contribution in [0.25, 0.3) is 0 Å². The van der Waals surface area contributed by atoms with Crippen molar-refractivity contribution in [3.05, 3.63) is 11.6 Å². The van der Waals surface area contributed by atoms with Crippen LogP contribution in [0.2, 0.25) is 0 Å². The largest absolute Gasteiger partial charge is 0.478 e. The third-order valence-corrected chi connectivity index (χ3v) is 2.83. The van der Waals surface area contributed by atoms with Crippen LogP contribution in [0.4, 0.5) is 35.1 Å². The van der Waals surface area contributed by atoms with Gasteiger partial charge in [-0.3, -0.25) is 0 Å². The van der Waals surface area contributed by atoms with E-state index in [-0.39, 0.29) is 0 Å². The van der Waals surface area contributed by atoms with E-state index in [0.717, 1.165) is 6.92 Å². The minimum atomic E-state index is -6.19. The molecule has 0 aromatic carbocycles. The van der Waals surface area contributed by atoms with Gasteiger partial charge in [-0.05, 0) is 20.3 Å². The van der Waals surface area contributed by atoms with Crippen LogP contribution in [0.5, 0.6) is 0 Å². The Morgan fingerprint density at radius 1 is 1.05 bits per heavy atom. The van der Waals surface area contributed by atoms with Crippen LogP contribution in [0.1, 0.15) is 26.7 Å². The van der Waals surface area contributed by atoms with Crippen LogP contribution in [0.3, 0.4) is 0 Å². The number of carbonyl (C=O) groups is 1. The zero-order valence-electron chi connectivity index (χ0n) is 10.9. The van der Waals surface area contributed by atoms with Crippen molar-refractivity contribution in [1.29, 1.82) is 0 Å². The summed E-state index contributed by atoms with van der Waals surface area (Å²) in [5.41, 5.74) is -5.87. The van der Waals surface area contributed by atoms with Crippen LogP contribution >= 0.6 is 0 Å². The molecule has 0 radical (unpaired) electrons. The Kier molecular flexibility index (Phi) is 5.43. The summed E-state index contributed by atoms with van der Waals surface area (Å²) in [7, 11) is 0. The van der Waals surface area contributed by atoms with Crippen molar-refractivity contribution in [2.24, 2.45) is 0 Å². The van der Waals surface area contributed by atoms with E-state index in [9.17, 15) is 39.9 Å². The van der Waals surface area contributed by atoms with Gasteiger partial charge in [0.05, 0.1) is 0 Å². The number of carboxylic acid groups (broad SMARTS) is 1. The highest BCUT2D eigenvalue weighted by molar-refractivity contribution is 5.85. The first-order chi connectivity index (χ1) is 9.08. The highest BCUT2D eigenvalue weighted by Gasteiger charge is 2.76. The number of hydrogen-bond acceptors (Lipinski definition) is 1. The summed E-state index contributed by atoms with van der Waals surface area (Å²) in [4.78, 5) is 10.3. The quantitative estimate of drug-likeness (QED) is 0.581. The lowest BCUT2D eigenvalue weighted by atomic mass is 9.91. The highest BCUT2D eigenvalue weighted by Crippen LogP contribution is 2.53. The Balaban J connectivity index is 5.23. The van der Waals surface area contributed by atoms with Gasteiger partial charge in [0.25, 0.3) is 5.67 Å². The van der Waals surface area contributed by atoms with Crippen molar-refractivity contribution in [1.82, 2.24) is 0 Å². The summed E-state index contributed by atoms with van der Waals surface area (Å²) in [6.07, 6.45) is -8.34. The van der Waals surface area contributed by atoms with Gasteiger partial charge in [0.15, 0.2) is 0 Å². The average Bonchev–Trinajstić information content (AvgIpc) is 2.26. The number of aliphatic carboxylic acids is 1. The zero-order valence-corrected chi connectivity index (χ0v) is 10.9. The highest BCUT2D eigenvalue weighted by atomic mass is 19.4. The van der Waals surface area contributed by atoms with Crippen molar-refractivity contribution in [3.8, 4) is 0 Å². The molecule has 0 fully saturated rings. The van der Waals surface area contributed by atoms with Crippen molar-refractivity contribution in [2.75, 3.05) is 0 Å². The predicted molar refractivity (Wildman–Crippen MR) is 56.1 cm³/mol. The molecule has 0 aliphatic heterocycles. The van der Waals surface area contributed by atoms with E-state index in [2.05, 4.69) is 0 Å². The van der Waals surface area contributed by atoms with Gasteiger partial charge in [0.1, 0.15) is 0 Å². The molecule has 0 aromatic heterocycles. The van der Waals surface area contributed by atoms with Crippen molar-refractivity contribution in [3.63, 3.8) is 0 Å². The molecule has 1 unspecified atom stereocenters. The van der Waals surface area contributed by atoms with E-state index < -0.39 is 55.0 Å². The second-order valence-electron chi connectivity index (χ2n) is 4.51. The van der Waals surface area contributed by atoms with Gasteiger partial charge in [-0.25, -0.2) is 9.18 Å². The number of carboxylic acids is 1. The average molecular weight is 328 g/mol. The second kappa shape index (κ2) is 5.80. The normalized spacial score (nSPS) is 17.5. The van der Waals surface area contributed by atoms with Crippen LogP contribution in [-0.2, 0) is 4.79 Å². The molecule has 0 aromatic rings. The Hall–Kier alpha value is -1.35. The van der Waals surface area contributed by atoms with Gasteiger partial charge in [0, 0.05) is 12.0 Å². The maximum atomic E-state index is 13.2. The second-order valence-corrected chi connectivity index (χ2v) is 4.51. The number of allylic oxidation sites excluding steroid dienone is 1. The fourth-order valence-corrected chi connectivity index (χ4v) is 1.24. The summed E-state index contributed by atoms with van der Waals surface area (Å²) in [5.74, 6) is -12.8. The molecule has 2 nitrogen and oxygen atoms in total. The molecule has 0 spiro atoms. The number of rotatable bonds is 6. The lowest BCUT2D eigenvalue weighted by Gasteiger charge is -2.36.